The predicted octanol–water partition coefficient (Wildman–Crippen LogP) is 27.7. The van der Waals surface area contributed by atoms with E-state index in [9.17, 15) is 19.8 Å². The number of hydrogen-bond donors (Lipinski definition) is 3. The molecule has 1 amide bonds. The van der Waals surface area contributed by atoms with Gasteiger partial charge in [-0.3, -0.25) is 9.59 Å². The molecule has 0 saturated carbocycles. The highest BCUT2D eigenvalue weighted by Crippen LogP contribution is 2.21. The number of esters is 1. The zero-order chi connectivity index (χ0) is 64.2. The first-order chi connectivity index (χ1) is 44.0. The van der Waals surface area contributed by atoms with Crippen LogP contribution in [0.1, 0.15) is 495 Å². The number of ether oxygens (including phenoxy) is 1. The van der Waals surface area contributed by atoms with Gasteiger partial charge in [-0.15, -0.1) is 0 Å². The summed E-state index contributed by atoms with van der Waals surface area (Å²) < 4.78 is 5.51. The first-order valence-corrected chi connectivity index (χ1v) is 41.8. The van der Waals surface area contributed by atoms with E-state index in [0.717, 1.165) is 38.5 Å². The Morgan fingerprint density at radius 1 is 0.270 bits per heavy atom. The Hall–Kier alpha value is -1.14. The molecule has 6 nitrogen and oxygen atoms in total. The minimum atomic E-state index is -0.660. The van der Waals surface area contributed by atoms with E-state index in [-0.39, 0.29) is 18.5 Å². The zero-order valence-electron chi connectivity index (χ0n) is 61.2. The molecule has 0 aromatic rings. The highest BCUT2D eigenvalue weighted by molar-refractivity contribution is 5.76. The van der Waals surface area contributed by atoms with Crippen molar-refractivity contribution in [3.8, 4) is 0 Å². The van der Waals surface area contributed by atoms with Crippen LogP contribution >= 0.6 is 0 Å². The summed E-state index contributed by atoms with van der Waals surface area (Å²) in [4.78, 5) is 24.7. The van der Waals surface area contributed by atoms with E-state index in [1.54, 1.807) is 0 Å². The number of hydrogen-bond acceptors (Lipinski definition) is 5. The summed E-state index contributed by atoms with van der Waals surface area (Å²) in [6.45, 7) is 5.02. The number of unbranched alkanes of at least 4 members (excludes halogenated alkanes) is 69. The summed E-state index contributed by atoms with van der Waals surface area (Å²) in [7, 11) is 0. The van der Waals surface area contributed by atoms with Crippen LogP contribution in [0.25, 0.3) is 0 Å². The highest BCUT2D eigenvalue weighted by atomic mass is 16.5. The van der Waals surface area contributed by atoms with Crippen molar-refractivity contribution in [2.45, 2.75) is 508 Å². The fourth-order valence-electron chi connectivity index (χ4n) is 13.8. The van der Waals surface area contributed by atoms with Crippen molar-refractivity contribution in [1.29, 1.82) is 0 Å². The van der Waals surface area contributed by atoms with Gasteiger partial charge in [0.05, 0.1) is 25.4 Å². The molecule has 0 radical (unpaired) electrons. The van der Waals surface area contributed by atoms with Crippen LogP contribution in [0.2, 0.25) is 0 Å². The predicted molar refractivity (Wildman–Crippen MR) is 394 cm³/mol. The lowest BCUT2D eigenvalue weighted by Crippen LogP contribution is -2.45. The Labute approximate surface area is 559 Å². The number of carbonyl (C=O) groups excluding carboxylic acids is 2. The van der Waals surface area contributed by atoms with E-state index in [4.69, 9.17) is 4.74 Å². The van der Waals surface area contributed by atoms with Crippen LogP contribution in [-0.2, 0) is 14.3 Å². The molecule has 0 rings (SSSR count). The summed E-state index contributed by atoms with van der Waals surface area (Å²) in [6, 6.07) is -0.537. The molecule has 2 unspecified atom stereocenters. The van der Waals surface area contributed by atoms with Crippen LogP contribution < -0.4 is 5.32 Å². The van der Waals surface area contributed by atoms with Gasteiger partial charge < -0.3 is 20.3 Å². The van der Waals surface area contributed by atoms with Crippen LogP contribution in [0.15, 0.2) is 0 Å². The maximum Gasteiger partial charge on any atom is 0.305 e. The second-order valence-electron chi connectivity index (χ2n) is 29.2. The van der Waals surface area contributed by atoms with E-state index in [0.29, 0.717) is 25.9 Å². The van der Waals surface area contributed by atoms with Crippen LogP contribution in [0.5, 0.6) is 0 Å². The highest BCUT2D eigenvalue weighted by Gasteiger charge is 2.20. The van der Waals surface area contributed by atoms with E-state index in [1.807, 2.05) is 0 Å². The molecule has 89 heavy (non-hydrogen) atoms. The molecule has 0 saturated heterocycles. The van der Waals surface area contributed by atoms with Crippen molar-refractivity contribution in [2.75, 3.05) is 13.2 Å². The van der Waals surface area contributed by atoms with E-state index in [1.165, 1.54) is 424 Å². The Morgan fingerprint density at radius 3 is 0.685 bits per heavy atom. The molecule has 0 heterocycles. The molecule has 0 aliphatic carbocycles. The van der Waals surface area contributed by atoms with E-state index in [2.05, 4.69) is 19.2 Å². The van der Waals surface area contributed by atoms with Crippen LogP contribution in [0.4, 0.5) is 0 Å². The van der Waals surface area contributed by atoms with Crippen LogP contribution in [0.3, 0.4) is 0 Å². The topological polar surface area (TPSA) is 95.9 Å². The molecule has 0 aliphatic rings. The maximum atomic E-state index is 12.6. The van der Waals surface area contributed by atoms with Crippen molar-refractivity contribution in [2.24, 2.45) is 0 Å². The van der Waals surface area contributed by atoms with Gasteiger partial charge in [0, 0.05) is 12.8 Å². The van der Waals surface area contributed by atoms with Crippen molar-refractivity contribution < 1.29 is 24.5 Å². The first-order valence-electron chi connectivity index (χ1n) is 41.8. The molecular formula is C83H165NO5. The molecule has 0 fully saturated rings. The maximum absolute atomic E-state index is 12.6. The standard InChI is InChI=1S/C83H165NO5/c1-3-5-7-9-11-13-15-17-19-20-21-41-44-48-51-55-59-63-67-71-75-81(86)80(79-85)84-82(87)76-72-68-64-60-56-52-49-45-42-39-37-35-33-31-29-27-25-23-22-24-26-28-30-32-34-36-38-40-43-46-50-54-58-62-66-70-74-78-89-83(88)77-73-69-65-61-57-53-47-18-16-14-12-10-8-6-4-2/h80-81,85-86H,3-79H2,1-2H3,(H,84,87). The molecule has 0 aromatic heterocycles. The lowest BCUT2D eigenvalue weighted by molar-refractivity contribution is -0.143. The van der Waals surface area contributed by atoms with E-state index >= 15 is 0 Å². The Bertz CT molecular complexity index is 1310. The Morgan fingerprint density at radius 2 is 0.461 bits per heavy atom. The second-order valence-corrected chi connectivity index (χ2v) is 29.2. The van der Waals surface area contributed by atoms with Gasteiger partial charge in [-0.2, -0.15) is 0 Å². The third-order valence-electron chi connectivity index (χ3n) is 20.2. The molecule has 6 heteroatoms. The molecule has 2 atom stereocenters. The summed E-state index contributed by atoms with van der Waals surface area (Å²) in [5, 5.41) is 23.5. The molecule has 532 valence electrons. The summed E-state index contributed by atoms with van der Waals surface area (Å²) in [6.07, 6.45) is 99.4. The van der Waals surface area contributed by atoms with Gasteiger partial charge in [-0.25, -0.2) is 0 Å². The van der Waals surface area contributed by atoms with Gasteiger partial charge in [0.2, 0.25) is 5.91 Å². The number of aliphatic hydroxyl groups is 2. The lowest BCUT2D eigenvalue weighted by atomic mass is 10.0. The van der Waals surface area contributed by atoms with Crippen molar-refractivity contribution in [3.05, 3.63) is 0 Å². The molecule has 0 aliphatic heterocycles. The van der Waals surface area contributed by atoms with Gasteiger partial charge in [-0.05, 0) is 25.7 Å². The molecule has 0 bridgehead atoms. The van der Waals surface area contributed by atoms with Crippen molar-refractivity contribution in [3.63, 3.8) is 0 Å². The first kappa shape index (κ1) is 87.9. The van der Waals surface area contributed by atoms with Gasteiger partial charge in [0.15, 0.2) is 0 Å². The van der Waals surface area contributed by atoms with Gasteiger partial charge in [0.25, 0.3) is 0 Å². The molecule has 0 spiro atoms. The summed E-state index contributed by atoms with van der Waals surface area (Å²) >= 11 is 0. The van der Waals surface area contributed by atoms with E-state index < -0.39 is 12.1 Å². The minimum absolute atomic E-state index is 0.0231. The number of carbonyl (C=O) groups is 2. The minimum Gasteiger partial charge on any atom is -0.466 e. The summed E-state index contributed by atoms with van der Waals surface area (Å²) in [5.41, 5.74) is 0. The van der Waals surface area contributed by atoms with Crippen molar-refractivity contribution >= 4 is 11.9 Å². The van der Waals surface area contributed by atoms with Gasteiger partial charge >= 0.3 is 5.97 Å². The molecular weight excluding hydrogens is 1090 g/mol. The van der Waals surface area contributed by atoms with Crippen LogP contribution in [0, 0.1) is 0 Å². The largest absolute Gasteiger partial charge is 0.466 e. The third kappa shape index (κ3) is 75.8. The third-order valence-corrected chi connectivity index (χ3v) is 20.2. The second kappa shape index (κ2) is 79.3. The average molecular weight is 1260 g/mol. The number of amides is 1. The smallest absolute Gasteiger partial charge is 0.305 e. The SMILES string of the molecule is CCCCCCCCCCCCCCCCCCCCCCC(O)C(CO)NC(=O)CCCCCCCCCCCCCCCCCCCCCCCCCCCCCCCCCCCCCCCOC(=O)CCCCCCCCCCCCCCCCC. The fourth-order valence-corrected chi connectivity index (χ4v) is 13.8. The normalized spacial score (nSPS) is 12.4. The average Bonchev–Trinajstić information content (AvgIpc) is 3.67. The summed E-state index contributed by atoms with van der Waals surface area (Å²) in [5.74, 6) is 0.00467. The Kier molecular flexibility index (Phi) is 78.3. The van der Waals surface area contributed by atoms with Crippen LogP contribution in [-0.4, -0.2) is 47.4 Å². The number of nitrogens with one attached hydrogen (secondary N) is 1. The molecule has 3 N–H and O–H groups in total. The van der Waals surface area contributed by atoms with Gasteiger partial charge in [-0.1, -0.05) is 457 Å². The lowest BCUT2D eigenvalue weighted by Gasteiger charge is -2.22. The zero-order valence-corrected chi connectivity index (χ0v) is 61.2. The monoisotopic (exact) mass is 1260 g/mol. The quantitative estimate of drug-likeness (QED) is 0.0417. The number of aliphatic hydroxyl groups excluding tert-OH is 2. The van der Waals surface area contributed by atoms with Gasteiger partial charge in [0.1, 0.15) is 0 Å². The number of rotatable bonds is 80. The van der Waals surface area contributed by atoms with Crippen molar-refractivity contribution in [1.82, 2.24) is 5.32 Å². The Balaban J connectivity index is 3.29. The fraction of sp³-hybridized carbons (Fsp3) is 0.976. The molecule has 0 aromatic carbocycles.